The molecule has 3 N–H and O–H groups in total. The van der Waals surface area contributed by atoms with E-state index < -0.39 is 9.84 Å². The topological polar surface area (TPSA) is 109 Å². The molecule has 8 heteroatoms. The Morgan fingerprint density at radius 1 is 1.28 bits per heavy atom. The van der Waals surface area contributed by atoms with Gasteiger partial charge in [0.25, 0.3) is 0 Å². The summed E-state index contributed by atoms with van der Waals surface area (Å²) in [4.78, 5) is 2.04. The molecule has 0 radical (unpaired) electrons. The first-order valence-electron chi connectivity index (χ1n) is 8.12. The molecule has 134 valence electrons. The van der Waals surface area contributed by atoms with E-state index in [-0.39, 0.29) is 16.9 Å². The van der Waals surface area contributed by atoms with Crippen LogP contribution in [0.2, 0.25) is 0 Å². The number of rotatable bonds is 3. The fraction of sp³-hybridized carbons (Fsp3) is 0.412. The van der Waals surface area contributed by atoms with Crippen molar-refractivity contribution in [1.82, 2.24) is 10.2 Å². The molecule has 2 heterocycles. The Hall–Kier alpha value is -2.35. The molecule has 2 unspecified atom stereocenters. The minimum atomic E-state index is -3.07. The molecular formula is C17H22N4O3S. The van der Waals surface area contributed by atoms with Crippen molar-refractivity contribution >= 4 is 21.3 Å². The summed E-state index contributed by atoms with van der Waals surface area (Å²) < 4.78 is 23.8. The Bertz CT molecular complexity index is 885. The number of benzene rings is 1. The summed E-state index contributed by atoms with van der Waals surface area (Å²) in [6.45, 7) is 3.10. The van der Waals surface area contributed by atoms with E-state index in [1.807, 2.05) is 17.9 Å². The number of nitrogen functional groups attached to an aromatic ring is 1. The van der Waals surface area contributed by atoms with Crippen LogP contribution in [-0.4, -0.2) is 48.3 Å². The fourth-order valence-corrected chi connectivity index (χ4v) is 4.91. The summed E-state index contributed by atoms with van der Waals surface area (Å²) in [5.41, 5.74) is 7.83. The van der Waals surface area contributed by atoms with Crippen LogP contribution in [0, 0.1) is 5.92 Å². The third-order valence-electron chi connectivity index (χ3n) is 4.70. The smallest absolute Gasteiger partial charge is 0.169 e. The Balaban J connectivity index is 1.91. The highest BCUT2D eigenvalue weighted by molar-refractivity contribution is 7.91. The van der Waals surface area contributed by atoms with Crippen LogP contribution in [0.15, 0.2) is 30.3 Å². The molecule has 0 aliphatic carbocycles. The van der Waals surface area contributed by atoms with Gasteiger partial charge in [0, 0.05) is 24.9 Å². The maximum absolute atomic E-state index is 11.9. The molecular weight excluding hydrogens is 340 g/mol. The zero-order valence-corrected chi connectivity index (χ0v) is 15.1. The number of nitrogens with two attached hydrogens (primary N) is 1. The maximum Gasteiger partial charge on any atom is 0.169 e. The largest absolute Gasteiger partial charge is 0.507 e. The molecule has 0 bridgehead atoms. The summed E-state index contributed by atoms with van der Waals surface area (Å²) in [7, 11) is -3.07. The third kappa shape index (κ3) is 3.53. The molecule has 0 amide bonds. The van der Waals surface area contributed by atoms with Crippen molar-refractivity contribution in [3.63, 3.8) is 0 Å². The van der Waals surface area contributed by atoms with Crippen LogP contribution in [0.1, 0.15) is 13.3 Å². The van der Waals surface area contributed by atoms with Crippen molar-refractivity contribution in [1.29, 1.82) is 0 Å². The van der Waals surface area contributed by atoms with E-state index in [4.69, 9.17) is 5.73 Å². The van der Waals surface area contributed by atoms with Gasteiger partial charge in [0.05, 0.1) is 16.6 Å². The average molecular weight is 362 g/mol. The molecule has 0 saturated carbocycles. The number of sulfone groups is 1. The molecule has 1 aliphatic rings. The van der Waals surface area contributed by atoms with E-state index in [0.29, 0.717) is 42.3 Å². The zero-order chi connectivity index (χ0) is 18.2. The van der Waals surface area contributed by atoms with Crippen LogP contribution < -0.4 is 10.6 Å². The van der Waals surface area contributed by atoms with Crippen LogP contribution in [0.3, 0.4) is 0 Å². The third-order valence-corrected chi connectivity index (χ3v) is 6.50. The SMILES string of the molecule is CC1CN(c2cc(-c3ccccc3O)nnc2N)CCC1S(C)(=O)=O. The van der Waals surface area contributed by atoms with Gasteiger partial charge in [-0.05, 0) is 30.5 Å². The number of piperidine rings is 1. The molecule has 0 spiro atoms. The molecule has 2 aromatic rings. The van der Waals surface area contributed by atoms with E-state index in [0.717, 1.165) is 0 Å². The summed E-state index contributed by atoms with van der Waals surface area (Å²) in [6, 6.07) is 8.70. The quantitative estimate of drug-likeness (QED) is 0.855. The minimum Gasteiger partial charge on any atom is -0.507 e. The van der Waals surface area contributed by atoms with Crippen LogP contribution >= 0.6 is 0 Å². The van der Waals surface area contributed by atoms with Crippen molar-refractivity contribution < 1.29 is 13.5 Å². The van der Waals surface area contributed by atoms with Gasteiger partial charge in [0.2, 0.25) is 0 Å². The van der Waals surface area contributed by atoms with E-state index in [9.17, 15) is 13.5 Å². The second-order valence-electron chi connectivity index (χ2n) is 6.60. The molecule has 1 aromatic heterocycles. The molecule has 25 heavy (non-hydrogen) atoms. The number of phenolic OH excluding ortho intramolecular Hbond substituents is 1. The Kier molecular flexibility index (Phi) is 4.55. The normalized spacial score (nSPS) is 21.3. The molecule has 3 rings (SSSR count). The predicted octanol–water partition coefficient (Wildman–Crippen LogP) is 1.69. The van der Waals surface area contributed by atoms with Gasteiger partial charge in [-0.25, -0.2) is 8.42 Å². The molecule has 1 aromatic carbocycles. The van der Waals surface area contributed by atoms with Gasteiger partial charge in [0.1, 0.15) is 5.75 Å². The fourth-order valence-electron chi connectivity index (χ4n) is 3.45. The standard InChI is InChI=1S/C17H22N4O3S/c1-11-10-21(8-7-16(11)25(2,23)24)14-9-13(19-20-17(14)18)12-5-3-4-6-15(12)22/h3-6,9,11,16,22H,7-8,10H2,1-2H3,(H2,18,20). The van der Waals surface area contributed by atoms with Crippen LogP contribution in [0.4, 0.5) is 11.5 Å². The van der Waals surface area contributed by atoms with Crippen molar-refractivity contribution in [2.75, 3.05) is 30.0 Å². The first-order valence-corrected chi connectivity index (χ1v) is 10.1. The number of aromatic nitrogens is 2. The van der Waals surface area contributed by atoms with Crippen molar-refractivity contribution in [3.8, 4) is 17.0 Å². The zero-order valence-electron chi connectivity index (χ0n) is 14.3. The second-order valence-corrected chi connectivity index (χ2v) is 8.86. The number of phenols is 1. The summed E-state index contributed by atoms with van der Waals surface area (Å²) >= 11 is 0. The van der Waals surface area contributed by atoms with Gasteiger partial charge < -0.3 is 15.7 Å². The summed E-state index contributed by atoms with van der Waals surface area (Å²) in [5.74, 6) is 0.408. The van der Waals surface area contributed by atoms with E-state index >= 15 is 0 Å². The lowest BCUT2D eigenvalue weighted by Crippen LogP contribution is -2.45. The number of hydrogen-bond acceptors (Lipinski definition) is 7. The maximum atomic E-state index is 11.9. The van der Waals surface area contributed by atoms with Gasteiger partial charge in [-0.1, -0.05) is 19.1 Å². The average Bonchev–Trinajstić information content (AvgIpc) is 2.55. The lowest BCUT2D eigenvalue weighted by Gasteiger charge is -2.37. The molecule has 1 aliphatic heterocycles. The van der Waals surface area contributed by atoms with E-state index in [2.05, 4.69) is 10.2 Å². The van der Waals surface area contributed by atoms with Gasteiger partial charge in [-0.3, -0.25) is 0 Å². The number of para-hydroxylation sites is 1. The predicted molar refractivity (Wildman–Crippen MR) is 98.2 cm³/mol. The van der Waals surface area contributed by atoms with Crippen LogP contribution in [0.5, 0.6) is 5.75 Å². The van der Waals surface area contributed by atoms with Crippen molar-refractivity contribution in [2.24, 2.45) is 5.92 Å². The Labute approximate surface area is 147 Å². The van der Waals surface area contributed by atoms with Crippen LogP contribution in [0.25, 0.3) is 11.3 Å². The summed E-state index contributed by atoms with van der Waals surface area (Å²) in [6.07, 6.45) is 1.84. The number of anilines is 2. The molecule has 2 atom stereocenters. The highest BCUT2D eigenvalue weighted by atomic mass is 32.2. The Morgan fingerprint density at radius 3 is 2.64 bits per heavy atom. The van der Waals surface area contributed by atoms with Gasteiger partial charge >= 0.3 is 0 Å². The van der Waals surface area contributed by atoms with Crippen molar-refractivity contribution in [3.05, 3.63) is 30.3 Å². The molecule has 1 saturated heterocycles. The first kappa shape index (κ1) is 17.5. The lowest BCUT2D eigenvalue weighted by atomic mass is 9.99. The number of aromatic hydroxyl groups is 1. The minimum absolute atomic E-state index is 0.00936. The van der Waals surface area contributed by atoms with E-state index in [1.54, 1.807) is 24.3 Å². The van der Waals surface area contributed by atoms with Gasteiger partial charge in [0.15, 0.2) is 15.7 Å². The molecule has 7 nitrogen and oxygen atoms in total. The van der Waals surface area contributed by atoms with E-state index in [1.165, 1.54) is 6.26 Å². The van der Waals surface area contributed by atoms with Crippen LogP contribution in [-0.2, 0) is 9.84 Å². The lowest BCUT2D eigenvalue weighted by molar-refractivity contribution is 0.437. The first-order chi connectivity index (χ1) is 11.8. The van der Waals surface area contributed by atoms with Gasteiger partial charge in [-0.15, -0.1) is 10.2 Å². The highest BCUT2D eigenvalue weighted by Gasteiger charge is 2.33. The number of nitrogens with zero attached hydrogens (tertiary/aromatic N) is 3. The number of hydrogen-bond donors (Lipinski definition) is 2. The molecule has 1 fully saturated rings. The monoisotopic (exact) mass is 362 g/mol. The Morgan fingerprint density at radius 2 is 2.00 bits per heavy atom. The van der Waals surface area contributed by atoms with Crippen molar-refractivity contribution in [2.45, 2.75) is 18.6 Å². The summed E-state index contributed by atoms with van der Waals surface area (Å²) in [5, 5.41) is 17.8. The highest BCUT2D eigenvalue weighted by Crippen LogP contribution is 2.34. The van der Waals surface area contributed by atoms with Gasteiger partial charge in [-0.2, -0.15) is 0 Å². The second kappa shape index (κ2) is 6.51.